The van der Waals surface area contributed by atoms with Gasteiger partial charge in [0.05, 0.1) is 18.7 Å². The van der Waals surface area contributed by atoms with Gasteiger partial charge in [-0.1, -0.05) is 36.4 Å². The van der Waals surface area contributed by atoms with Gasteiger partial charge in [-0.2, -0.15) is 0 Å². The lowest BCUT2D eigenvalue weighted by atomic mass is 9.95. The van der Waals surface area contributed by atoms with Gasteiger partial charge in [-0.05, 0) is 65.7 Å². The van der Waals surface area contributed by atoms with E-state index in [-0.39, 0.29) is 17.9 Å². The second-order valence-electron chi connectivity index (χ2n) is 8.50. The second kappa shape index (κ2) is 10.4. The van der Waals surface area contributed by atoms with E-state index in [2.05, 4.69) is 4.98 Å². The van der Waals surface area contributed by atoms with Crippen molar-refractivity contribution in [1.82, 2.24) is 9.88 Å². The maximum atomic E-state index is 13.3. The van der Waals surface area contributed by atoms with E-state index in [4.69, 9.17) is 9.47 Å². The summed E-state index contributed by atoms with van der Waals surface area (Å²) < 4.78 is 11.2. The molecule has 184 valence electrons. The Morgan fingerprint density at radius 3 is 2.35 bits per heavy atom. The molecule has 1 fully saturated rings. The number of ketones is 1. The summed E-state index contributed by atoms with van der Waals surface area (Å²) in [4.78, 5) is 32.2. The summed E-state index contributed by atoms with van der Waals surface area (Å²) >= 11 is 0. The van der Waals surface area contributed by atoms with Crippen LogP contribution in [-0.4, -0.2) is 33.8 Å². The maximum absolute atomic E-state index is 13.3. The fraction of sp³-hybridized carbons (Fsp3) is 0.100. The fourth-order valence-electron chi connectivity index (χ4n) is 4.36. The fourth-order valence-corrected chi connectivity index (χ4v) is 4.36. The monoisotopic (exact) mass is 492 g/mol. The minimum absolute atomic E-state index is 0.0101. The Morgan fingerprint density at radius 2 is 1.65 bits per heavy atom. The normalized spacial score (nSPS) is 16.6. The minimum atomic E-state index is -0.832. The number of benzene rings is 3. The van der Waals surface area contributed by atoms with Gasteiger partial charge in [0.2, 0.25) is 0 Å². The summed E-state index contributed by atoms with van der Waals surface area (Å²) in [6, 6.07) is 25.9. The number of nitrogens with zero attached hydrogens (tertiary/aromatic N) is 2. The number of hydrogen-bond acceptors (Lipinski definition) is 6. The SMILES string of the molecule is COc1ccc(/C(O)=C2/C(=O)C(=O)N(Cc3cccnc3)C2c2cccc(Oc3ccccc3)c2)cc1. The van der Waals surface area contributed by atoms with E-state index < -0.39 is 17.7 Å². The number of Topliss-reactive ketones (excluding diaryl/α,β-unsaturated/α-hetero) is 1. The first-order valence-electron chi connectivity index (χ1n) is 11.7. The van der Waals surface area contributed by atoms with E-state index in [1.807, 2.05) is 42.5 Å². The average molecular weight is 493 g/mol. The van der Waals surface area contributed by atoms with Crippen LogP contribution in [0.25, 0.3) is 5.76 Å². The van der Waals surface area contributed by atoms with Crippen molar-refractivity contribution in [2.45, 2.75) is 12.6 Å². The third kappa shape index (κ3) is 4.92. The van der Waals surface area contributed by atoms with Crippen molar-refractivity contribution >= 4 is 17.4 Å². The smallest absolute Gasteiger partial charge is 0.295 e. The van der Waals surface area contributed by atoms with Crippen LogP contribution in [0.5, 0.6) is 17.2 Å². The predicted octanol–water partition coefficient (Wildman–Crippen LogP) is 5.50. The van der Waals surface area contributed by atoms with Gasteiger partial charge in [0.25, 0.3) is 11.7 Å². The summed E-state index contributed by atoms with van der Waals surface area (Å²) in [6.45, 7) is 0.145. The highest BCUT2D eigenvalue weighted by atomic mass is 16.5. The summed E-state index contributed by atoms with van der Waals surface area (Å²) in [6.07, 6.45) is 3.29. The molecular weight excluding hydrogens is 468 g/mol. The summed E-state index contributed by atoms with van der Waals surface area (Å²) in [5, 5.41) is 11.3. The van der Waals surface area contributed by atoms with E-state index in [1.54, 1.807) is 68.0 Å². The van der Waals surface area contributed by atoms with Gasteiger partial charge in [0.15, 0.2) is 0 Å². The highest BCUT2D eigenvalue weighted by molar-refractivity contribution is 6.46. The molecule has 1 aromatic heterocycles. The van der Waals surface area contributed by atoms with Crippen LogP contribution in [0.2, 0.25) is 0 Å². The molecule has 0 bridgehead atoms. The Hall–Kier alpha value is -4.91. The van der Waals surface area contributed by atoms with Crippen LogP contribution >= 0.6 is 0 Å². The van der Waals surface area contributed by atoms with Gasteiger partial charge in [-0.3, -0.25) is 14.6 Å². The number of aliphatic hydroxyl groups is 1. The zero-order valence-electron chi connectivity index (χ0n) is 20.1. The number of ether oxygens (including phenoxy) is 2. The Kier molecular flexibility index (Phi) is 6.68. The van der Waals surface area contributed by atoms with Gasteiger partial charge < -0.3 is 19.5 Å². The van der Waals surface area contributed by atoms with Crippen LogP contribution < -0.4 is 9.47 Å². The number of para-hydroxylation sites is 1. The van der Waals surface area contributed by atoms with Gasteiger partial charge in [0.1, 0.15) is 23.0 Å². The molecule has 3 aromatic carbocycles. The molecule has 1 unspecified atom stereocenters. The van der Waals surface area contributed by atoms with Crippen molar-refractivity contribution in [1.29, 1.82) is 0 Å². The van der Waals surface area contributed by atoms with Crippen LogP contribution in [0, 0.1) is 0 Å². The molecule has 0 saturated carbocycles. The molecule has 37 heavy (non-hydrogen) atoms. The third-order valence-corrected chi connectivity index (χ3v) is 6.13. The molecule has 7 heteroatoms. The standard InChI is InChI=1S/C30H24N2O5/c1-36-23-14-12-21(13-15-23)28(33)26-27(32(30(35)29(26)34)19-20-7-6-16-31-18-20)22-8-5-11-25(17-22)37-24-9-3-2-4-10-24/h2-18,27,33H,19H2,1H3/b28-26-. The van der Waals surface area contributed by atoms with E-state index in [0.29, 0.717) is 28.4 Å². The molecule has 1 N–H and O–H groups in total. The van der Waals surface area contributed by atoms with Gasteiger partial charge in [0, 0.05) is 24.5 Å². The first-order chi connectivity index (χ1) is 18.0. The van der Waals surface area contributed by atoms with E-state index in [9.17, 15) is 14.7 Å². The number of likely N-dealkylation sites (tertiary alicyclic amines) is 1. The zero-order valence-corrected chi connectivity index (χ0v) is 20.1. The molecule has 0 aliphatic carbocycles. The number of carbonyl (C=O) groups excluding carboxylic acids is 2. The molecule has 5 rings (SSSR count). The molecular formula is C30H24N2O5. The van der Waals surface area contributed by atoms with Gasteiger partial charge in [-0.25, -0.2) is 0 Å². The first kappa shape index (κ1) is 23.8. The molecule has 7 nitrogen and oxygen atoms in total. The lowest BCUT2D eigenvalue weighted by Gasteiger charge is -2.25. The molecule has 1 aliphatic rings. The number of aliphatic hydroxyl groups excluding tert-OH is 1. The van der Waals surface area contributed by atoms with Crippen LogP contribution in [0.1, 0.15) is 22.7 Å². The Balaban J connectivity index is 1.60. The Morgan fingerprint density at radius 1 is 0.892 bits per heavy atom. The first-order valence-corrected chi connectivity index (χ1v) is 11.7. The molecule has 2 heterocycles. The Bertz CT molecular complexity index is 1450. The number of rotatable bonds is 7. The van der Waals surface area contributed by atoms with E-state index >= 15 is 0 Å². The molecule has 4 aromatic rings. The minimum Gasteiger partial charge on any atom is -0.507 e. The number of pyridine rings is 1. The van der Waals surface area contributed by atoms with Crippen molar-refractivity contribution in [3.05, 3.63) is 126 Å². The predicted molar refractivity (Wildman–Crippen MR) is 138 cm³/mol. The van der Waals surface area contributed by atoms with Gasteiger partial charge in [-0.15, -0.1) is 0 Å². The zero-order chi connectivity index (χ0) is 25.8. The number of carbonyl (C=O) groups is 2. The molecule has 1 saturated heterocycles. The summed E-state index contributed by atoms with van der Waals surface area (Å²) in [5.41, 5.74) is 1.81. The maximum Gasteiger partial charge on any atom is 0.295 e. The van der Waals surface area contributed by atoms with Crippen molar-refractivity contribution in [3.63, 3.8) is 0 Å². The molecule has 1 amide bonds. The molecule has 0 radical (unpaired) electrons. The van der Waals surface area contributed by atoms with Crippen molar-refractivity contribution in [2.24, 2.45) is 0 Å². The van der Waals surface area contributed by atoms with Crippen LogP contribution in [0.15, 0.2) is 109 Å². The number of methoxy groups -OCH3 is 1. The van der Waals surface area contributed by atoms with Crippen LogP contribution in [-0.2, 0) is 16.1 Å². The van der Waals surface area contributed by atoms with Crippen LogP contribution in [0.3, 0.4) is 0 Å². The molecule has 0 spiro atoms. The second-order valence-corrected chi connectivity index (χ2v) is 8.50. The van der Waals surface area contributed by atoms with Gasteiger partial charge >= 0.3 is 0 Å². The van der Waals surface area contributed by atoms with E-state index in [0.717, 1.165) is 5.56 Å². The lowest BCUT2D eigenvalue weighted by molar-refractivity contribution is -0.140. The van der Waals surface area contributed by atoms with Crippen molar-refractivity contribution in [2.75, 3.05) is 7.11 Å². The number of aromatic nitrogens is 1. The highest BCUT2D eigenvalue weighted by Crippen LogP contribution is 2.41. The summed E-state index contributed by atoms with van der Waals surface area (Å²) in [7, 11) is 1.54. The molecule has 1 atom stereocenters. The van der Waals surface area contributed by atoms with E-state index in [1.165, 1.54) is 4.90 Å². The third-order valence-electron chi connectivity index (χ3n) is 6.13. The average Bonchev–Trinajstić information content (AvgIpc) is 3.19. The summed E-state index contributed by atoms with van der Waals surface area (Å²) in [5.74, 6) is 0.0993. The quantitative estimate of drug-likeness (QED) is 0.208. The van der Waals surface area contributed by atoms with Crippen LogP contribution in [0.4, 0.5) is 0 Å². The number of amides is 1. The van der Waals surface area contributed by atoms with Crippen molar-refractivity contribution in [3.8, 4) is 17.2 Å². The lowest BCUT2D eigenvalue weighted by Crippen LogP contribution is -2.29. The highest BCUT2D eigenvalue weighted by Gasteiger charge is 2.46. The number of hydrogen-bond donors (Lipinski definition) is 1. The topological polar surface area (TPSA) is 89.0 Å². The molecule has 1 aliphatic heterocycles. The Labute approximate surface area is 214 Å². The van der Waals surface area contributed by atoms with Crippen molar-refractivity contribution < 1.29 is 24.2 Å². The largest absolute Gasteiger partial charge is 0.507 e.